The number of carbonyl (C=O) groups excluding carboxylic acids is 1. The van der Waals surface area contributed by atoms with Crippen LogP contribution in [0.3, 0.4) is 0 Å². The lowest BCUT2D eigenvalue weighted by Crippen LogP contribution is -2.22. The van der Waals surface area contributed by atoms with E-state index in [0.717, 1.165) is 12.8 Å². The van der Waals surface area contributed by atoms with Crippen LogP contribution in [0, 0.1) is 12.8 Å². The summed E-state index contributed by atoms with van der Waals surface area (Å²) in [5, 5.41) is 0. The van der Waals surface area contributed by atoms with Gasteiger partial charge >= 0.3 is 0 Å². The van der Waals surface area contributed by atoms with Crippen LogP contribution in [-0.2, 0) is 4.79 Å². The molecule has 2 rings (SSSR count). The molecule has 1 saturated carbocycles. The Morgan fingerprint density at radius 2 is 2.27 bits per heavy atom. The smallest absolute Gasteiger partial charge is 0.133 e. The molecule has 1 aliphatic rings. The summed E-state index contributed by atoms with van der Waals surface area (Å²) >= 11 is 0. The Morgan fingerprint density at radius 1 is 1.47 bits per heavy atom. The largest absolute Gasteiger partial charge is 0.300 e. The summed E-state index contributed by atoms with van der Waals surface area (Å²) in [5.41, 5.74) is 2.52. The second-order valence-corrected chi connectivity index (χ2v) is 4.60. The van der Waals surface area contributed by atoms with Crippen molar-refractivity contribution in [3.05, 3.63) is 29.6 Å². The van der Waals surface area contributed by atoms with Crippen LogP contribution in [-0.4, -0.2) is 10.8 Å². The Bertz CT molecular complexity index is 373. The number of pyridine rings is 1. The maximum atomic E-state index is 11.5. The molecule has 0 aliphatic heterocycles. The molecule has 0 saturated heterocycles. The number of carbonyl (C=O) groups is 1. The SMILES string of the molecule is Cc1ccncc1C1CC(=O)CCC1C. The third kappa shape index (κ3) is 2.09. The van der Waals surface area contributed by atoms with Crippen LogP contribution in [0.1, 0.15) is 43.2 Å². The quantitative estimate of drug-likeness (QED) is 0.702. The van der Waals surface area contributed by atoms with E-state index in [1.54, 1.807) is 0 Å². The van der Waals surface area contributed by atoms with Gasteiger partial charge in [-0.1, -0.05) is 6.92 Å². The van der Waals surface area contributed by atoms with Crippen LogP contribution < -0.4 is 0 Å². The van der Waals surface area contributed by atoms with Crippen LogP contribution >= 0.6 is 0 Å². The summed E-state index contributed by atoms with van der Waals surface area (Å²) in [7, 11) is 0. The second-order valence-electron chi connectivity index (χ2n) is 4.60. The maximum absolute atomic E-state index is 11.5. The highest BCUT2D eigenvalue weighted by molar-refractivity contribution is 5.80. The Labute approximate surface area is 90.7 Å². The molecule has 80 valence electrons. The molecule has 15 heavy (non-hydrogen) atoms. The monoisotopic (exact) mass is 203 g/mol. The number of rotatable bonds is 1. The van der Waals surface area contributed by atoms with E-state index in [1.165, 1.54) is 11.1 Å². The summed E-state index contributed by atoms with van der Waals surface area (Å²) in [6, 6.07) is 2.03. The fourth-order valence-corrected chi connectivity index (χ4v) is 2.42. The highest BCUT2D eigenvalue weighted by Gasteiger charge is 2.28. The minimum Gasteiger partial charge on any atom is -0.300 e. The number of Topliss-reactive ketones (excluding diaryl/α,β-unsaturated/α-hetero) is 1. The molecule has 0 N–H and O–H groups in total. The molecule has 1 aromatic heterocycles. The van der Waals surface area contributed by atoms with Gasteiger partial charge in [-0.3, -0.25) is 9.78 Å². The average molecular weight is 203 g/mol. The van der Waals surface area contributed by atoms with Crippen LogP contribution in [0.15, 0.2) is 18.5 Å². The first kappa shape index (κ1) is 10.3. The lowest BCUT2D eigenvalue weighted by atomic mass is 9.75. The zero-order valence-corrected chi connectivity index (χ0v) is 9.36. The highest BCUT2D eigenvalue weighted by atomic mass is 16.1. The van der Waals surface area contributed by atoms with Crippen molar-refractivity contribution in [3.63, 3.8) is 0 Å². The molecule has 2 atom stereocenters. The van der Waals surface area contributed by atoms with E-state index in [2.05, 4.69) is 18.8 Å². The molecule has 1 aliphatic carbocycles. The van der Waals surface area contributed by atoms with Crippen molar-refractivity contribution >= 4 is 5.78 Å². The number of ketones is 1. The van der Waals surface area contributed by atoms with Crippen molar-refractivity contribution in [2.24, 2.45) is 5.92 Å². The molecule has 0 spiro atoms. The van der Waals surface area contributed by atoms with Gasteiger partial charge in [-0.15, -0.1) is 0 Å². The first-order valence-electron chi connectivity index (χ1n) is 5.60. The zero-order valence-electron chi connectivity index (χ0n) is 9.36. The average Bonchev–Trinajstić information content (AvgIpc) is 2.23. The number of aromatic nitrogens is 1. The fraction of sp³-hybridized carbons (Fsp3) is 0.538. The summed E-state index contributed by atoms with van der Waals surface area (Å²) in [6.45, 7) is 4.34. The van der Waals surface area contributed by atoms with Crippen molar-refractivity contribution < 1.29 is 4.79 Å². The van der Waals surface area contributed by atoms with Crippen LogP contribution in [0.25, 0.3) is 0 Å². The van der Waals surface area contributed by atoms with Gasteiger partial charge in [-0.25, -0.2) is 0 Å². The zero-order chi connectivity index (χ0) is 10.8. The number of hydrogen-bond donors (Lipinski definition) is 0. The Balaban J connectivity index is 2.29. The van der Waals surface area contributed by atoms with Gasteiger partial charge in [0.05, 0.1) is 0 Å². The molecule has 0 radical (unpaired) electrons. The van der Waals surface area contributed by atoms with E-state index in [-0.39, 0.29) is 0 Å². The second kappa shape index (κ2) is 4.13. The van der Waals surface area contributed by atoms with E-state index >= 15 is 0 Å². The Morgan fingerprint density at radius 3 is 3.00 bits per heavy atom. The van der Waals surface area contributed by atoms with Gasteiger partial charge in [0.15, 0.2) is 0 Å². The fourth-order valence-electron chi connectivity index (χ4n) is 2.42. The summed E-state index contributed by atoms with van der Waals surface area (Å²) < 4.78 is 0. The lowest BCUT2D eigenvalue weighted by Gasteiger charge is -2.29. The van der Waals surface area contributed by atoms with E-state index in [0.29, 0.717) is 24.0 Å². The van der Waals surface area contributed by atoms with E-state index < -0.39 is 0 Å². The van der Waals surface area contributed by atoms with Gasteiger partial charge in [0.25, 0.3) is 0 Å². The molecule has 2 nitrogen and oxygen atoms in total. The number of hydrogen-bond acceptors (Lipinski definition) is 2. The van der Waals surface area contributed by atoms with Gasteiger partial charge in [-0.05, 0) is 42.4 Å². The molecule has 0 aromatic carbocycles. The summed E-state index contributed by atoms with van der Waals surface area (Å²) in [4.78, 5) is 15.7. The highest BCUT2D eigenvalue weighted by Crippen LogP contribution is 2.36. The molecular weight excluding hydrogens is 186 g/mol. The van der Waals surface area contributed by atoms with E-state index in [4.69, 9.17) is 0 Å². The molecular formula is C13H17NO. The molecule has 1 heterocycles. The van der Waals surface area contributed by atoms with Gasteiger partial charge < -0.3 is 0 Å². The molecule has 0 bridgehead atoms. The van der Waals surface area contributed by atoms with Gasteiger partial charge in [0.1, 0.15) is 5.78 Å². The first-order chi connectivity index (χ1) is 7.18. The third-order valence-electron chi connectivity index (χ3n) is 3.49. The minimum atomic E-state index is 0.389. The first-order valence-corrected chi connectivity index (χ1v) is 5.60. The van der Waals surface area contributed by atoms with E-state index in [9.17, 15) is 4.79 Å². The van der Waals surface area contributed by atoms with Crippen molar-refractivity contribution in [2.75, 3.05) is 0 Å². The minimum absolute atomic E-state index is 0.389. The Hall–Kier alpha value is -1.18. The number of aryl methyl sites for hydroxylation is 1. The van der Waals surface area contributed by atoms with Gasteiger partial charge in [0.2, 0.25) is 0 Å². The number of nitrogens with zero attached hydrogens (tertiary/aromatic N) is 1. The Kier molecular flexibility index (Phi) is 2.85. The topological polar surface area (TPSA) is 30.0 Å². The van der Waals surface area contributed by atoms with Crippen LogP contribution in [0.2, 0.25) is 0 Å². The van der Waals surface area contributed by atoms with E-state index in [1.807, 2.05) is 18.5 Å². The van der Waals surface area contributed by atoms with Crippen molar-refractivity contribution in [1.29, 1.82) is 0 Å². The summed E-state index contributed by atoms with van der Waals surface area (Å²) in [5.74, 6) is 1.40. The standard InChI is InChI=1S/C13H17NO/c1-9-3-4-11(15)7-12(9)13-8-14-6-5-10(13)2/h5-6,8-9,12H,3-4,7H2,1-2H3. The van der Waals surface area contributed by atoms with Crippen molar-refractivity contribution in [1.82, 2.24) is 4.98 Å². The summed E-state index contributed by atoms with van der Waals surface area (Å²) in [6.07, 6.45) is 6.23. The van der Waals surface area contributed by atoms with Crippen LogP contribution in [0.4, 0.5) is 0 Å². The predicted octanol–water partition coefficient (Wildman–Crippen LogP) is 2.86. The van der Waals surface area contributed by atoms with Gasteiger partial charge in [-0.2, -0.15) is 0 Å². The van der Waals surface area contributed by atoms with Crippen molar-refractivity contribution in [2.45, 2.75) is 39.0 Å². The van der Waals surface area contributed by atoms with Crippen LogP contribution in [0.5, 0.6) is 0 Å². The normalized spacial score (nSPS) is 26.7. The molecule has 2 heteroatoms. The molecule has 1 fully saturated rings. The molecule has 2 unspecified atom stereocenters. The van der Waals surface area contributed by atoms with Gasteiger partial charge in [0, 0.05) is 25.2 Å². The third-order valence-corrected chi connectivity index (χ3v) is 3.49. The molecule has 0 amide bonds. The lowest BCUT2D eigenvalue weighted by molar-refractivity contribution is -0.121. The van der Waals surface area contributed by atoms with Crippen molar-refractivity contribution in [3.8, 4) is 0 Å². The molecule has 1 aromatic rings. The maximum Gasteiger partial charge on any atom is 0.133 e. The predicted molar refractivity (Wildman–Crippen MR) is 59.7 cm³/mol.